The predicted molar refractivity (Wildman–Crippen MR) is 73.7 cm³/mol. The number of hydrogen-bond acceptors (Lipinski definition) is 4. The second-order valence-corrected chi connectivity index (χ2v) is 5.02. The summed E-state index contributed by atoms with van der Waals surface area (Å²) < 4.78 is 4.69. The minimum absolute atomic E-state index is 0.0184. The highest BCUT2D eigenvalue weighted by Gasteiger charge is 2.25. The molecule has 0 aliphatic rings. The van der Waals surface area contributed by atoms with Gasteiger partial charge in [0.05, 0.1) is 13.2 Å². The molecule has 0 fully saturated rings. The molecule has 1 atom stereocenters. The first-order chi connectivity index (χ1) is 8.79. The molecule has 0 spiro atoms. The van der Waals surface area contributed by atoms with Crippen molar-refractivity contribution in [2.45, 2.75) is 46.7 Å². The van der Waals surface area contributed by atoms with Crippen molar-refractivity contribution in [3.63, 3.8) is 0 Å². The van der Waals surface area contributed by atoms with E-state index in [0.717, 1.165) is 0 Å². The number of carbonyl (C=O) groups is 2. The third-order valence-corrected chi connectivity index (χ3v) is 3.05. The predicted octanol–water partition coefficient (Wildman–Crippen LogP) is 1.99. The van der Waals surface area contributed by atoms with Gasteiger partial charge in [0.1, 0.15) is 5.69 Å². The maximum absolute atomic E-state index is 12.4. The molecule has 1 unspecified atom stereocenters. The number of rotatable bonds is 5. The first-order valence-electron chi connectivity index (χ1n) is 6.37. The molecule has 0 aliphatic carbocycles. The van der Waals surface area contributed by atoms with E-state index in [-0.39, 0.29) is 17.9 Å². The molecule has 1 rings (SSSR count). The Bertz CT molecular complexity index is 489. The molecule has 1 aromatic rings. The summed E-state index contributed by atoms with van der Waals surface area (Å²) in [5.41, 5.74) is 2.26. The Morgan fingerprint density at radius 1 is 1.21 bits per heavy atom. The molecule has 1 heterocycles. The molecule has 106 valence electrons. The van der Waals surface area contributed by atoms with Gasteiger partial charge >= 0.3 is 5.97 Å². The zero-order chi connectivity index (χ0) is 14.7. The van der Waals surface area contributed by atoms with Crippen molar-refractivity contribution in [2.75, 3.05) is 7.11 Å². The Labute approximate surface area is 113 Å². The highest BCUT2D eigenvalue weighted by atomic mass is 16.5. The molecule has 0 amide bonds. The van der Waals surface area contributed by atoms with Crippen LogP contribution in [0.5, 0.6) is 0 Å². The smallest absolute Gasteiger partial charge is 0.354 e. The fraction of sp³-hybridized carbons (Fsp3) is 0.571. The Balaban J connectivity index is 3.11. The number of carbonyl (C=O) groups excluding carboxylic acids is 2. The molecular formula is C14H22N2O3. The van der Waals surface area contributed by atoms with Crippen LogP contribution in [0, 0.1) is 13.8 Å². The van der Waals surface area contributed by atoms with Crippen molar-refractivity contribution in [1.29, 1.82) is 0 Å². The van der Waals surface area contributed by atoms with Crippen molar-refractivity contribution in [3.8, 4) is 0 Å². The first-order valence-corrected chi connectivity index (χ1v) is 6.37. The summed E-state index contributed by atoms with van der Waals surface area (Å²) >= 11 is 0. The first kappa shape index (κ1) is 15.4. The molecule has 0 aromatic carbocycles. The normalized spacial score (nSPS) is 12.6. The van der Waals surface area contributed by atoms with Crippen molar-refractivity contribution >= 4 is 11.8 Å². The Hall–Kier alpha value is -1.62. The van der Waals surface area contributed by atoms with Crippen molar-refractivity contribution < 1.29 is 14.3 Å². The minimum Gasteiger partial charge on any atom is -0.464 e. The van der Waals surface area contributed by atoms with Crippen molar-refractivity contribution in [3.05, 3.63) is 22.5 Å². The van der Waals surface area contributed by atoms with Crippen LogP contribution in [-0.4, -0.2) is 35.9 Å². The molecular weight excluding hydrogens is 244 g/mol. The summed E-state index contributed by atoms with van der Waals surface area (Å²) in [6.07, 6.45) is 0. The molecule has 19 heavy (non-hydrogen) atoms. The van der Waals surface area contributed by atoms with Gasteiger partial charge in [-0.1, -0.05) is 13.8 Å². The lowest BCUT2D eigenvalue weighted by atomic mass is 10.0. The van der Waals surface area contributed by atoms with E-state index in [9.17, 15) is 9.59 Å². The van der Waals surface area contributed by atoms with Gasteiger partial charge < -0.3 is 15.0 Å². The van der Waals surface area contributed by atoms with E-state index in [2.05, 4.69) is 10.3 Å². The van der Waals surface area contributed by atoms with Crippen LogP contribution in [0.25, 0.3) is 0 Å². The molecule has 0 saturated carbocycles. The van der Waals surface area contributed by atoms with E-state index < -0.39 is 5.97 Å². The fourth-order valence-corrected chi connectivity index (χ4v) is 2.22. The summed E-state index contributed by atoms with van der Waals surface area (Å²) in [6.45, 7) is 9.34. The summed E-state index contributed by atoms with van der Waals surface area (Å²) in [7, 11) is 1.32. The van der Waals surface area contributed by atoms with Crippen LogP contribution in [0.4, 0.5) is 0 Å². The van der Waals surface area contributed by atoms with Crippen molar-refractivity contribution in [2.24, 2.45) is 0 Å². The maximum Gasteiger partial charge on any atom is 0.354 e. The third kappa shape index (κ3) is 3.23. The van der Waals surface area contributed by atoms with Gasteiger partial charge in [-0.3, -0.25) is 4.79 Å². The van der Waals surface area contributed by atoms with Gasteiger partial charge in [0.2, 0.25) is 0 Å². The zero-order valence-electron chi connectivity index (χ0n) is 12.4. The summed E-state index contributed by atoms with van der Waals surface area (Å²) in [4.78, 5) is 26.9. The van der Waals surface area contributed by atoms with Crippen LogP contribution in [0.2, 0.25) is 0 Å². The van der Waals surface area contributed by atoms with Crippen LogP contribution in [-0.2, 0) is 4.74 Å². The van der Waals surface area contributed by atoms with E-state index in [0.29, 0.717) is 22.5 Å². The van der Waals surface area contributed by atoms with Gasteiger partial charge in [-0.15, -0.1) is 0 Å². The van der Waals surface area contributed by atoms with Gasteiger partial charge in [-0.2, -0.15) is 0 Å². The number of aryl methyl sites for hydroxylation is 1. The van der Waals surface area contributed by atoms with E-state index in [1.54, 1.807) is 13.8 Å². The number of ether oxygens (including phenoxy) is 1. The van der Waals surface area contributed by atoms with Gasteiger partial charge in [0, 0.05) is 17.3 Å². The zero-order valence-corrected chi connectivity index (χ0v) is 12.4. The number of aromatic amines is 1. The number of Topliss-reactive ketones (excluding diaryl/α,β-unsaturated/α-hetero) is 1. The van der Waals surface area contributed by atoms with Crippen LogP contribution < -0.4 is 5.32 Å². The molecule has 0 bridgehead atoms. The second kappa shape index (κ2) is 6.02. The van der Waals surface area contributed by atoms with E-state index >= 15 is 0 Å². The lowest BCUT2D eigenvalue weighted by Crippen LogP contribution is -2.38. The van der Waals surface area contributed by atoms with Crippen LogP contribution in [0.15, 0.2) is 0 Å². The second-order valence-electron chi connectivity index (χ2n) is 5.02. The molecule has 2 N–H and O–H groups in total. The van der Waals surface area contributed by atoms with E-state index in [1.807, 2.05) is 20.8 Å². The Morgan fingerprint density at radius 2 is 1.79 bits per heavy atom. The molecule has 0 aliphatic heterocycles. The average molecular weight is 266 g/mol. The Morgan fingerprint density at radius 3 is 2.26 bits per heavy atom. The minimum atomic E-state index is -0.455. The largest absolute Gasteiger partial charge is 0.464 e. The number of aromatic nitrogens is 1. The highest BCUT2D eigenvalue weighted by molar-refractivity contribution is 6.05. The molecule has 0 saturated heterocycles. The topological polar surface area (TPSA) is 71.2 Å². The monoisotopic (exact) mass is 266 g/mol. The maximum atomic E-state index is 12.4. The molecule has 5 heteroatoms. The molecule has 1 aromatic heterocycles. The molecule has 0 radical (unpaired) electrons. The quantitative estimate of drug-likeness (QED) is 0.631. The lowest BCUT2D eigenvalue weighted by Gasteiger charge is -2.16. The standard InChI is InChI=1S/C14H22N2O3/c1-7(2)15-10(5)13(17)11-8(3)12(14(18)19-6)16-9(11)4/h7,10,15-16H,1-6H3. The number of methoxy groups -OCH3 is 1. The number of ketones is 1. The van der Waals surface area contributed by atoms with Gasteiger partial charge in [-0.25, -0.2) is 4.79 Å². The molecule has 5 nitrogen and oxygen atoms in total. The summed E-state index contributed by atoms with van der Waals surface area (Å²) in [5, 5.41) is 3.17. The third-order valence-electron chi connectivity index (χ3n) is 3.05. The van der Waals surface area contributed by atoms with Gasteiger partial charge in [-0.05, 0) is 26.3 Å². The van der Waals surface area contributed by atoms with Crippen LogP contribution in [0.1, 0.15) is 52.9 Å². The SMILES string of the molecule is COC(=O)c1[nH]c(C)c(C(=O)C(C)NC(C)C)c1C. The van der Waals surface area contributed by atoms with Gasteiger partial charge in [0.25, 0.3) is 0 Å². The van der Waals surface area contributed by atoms with Crippen LogP contribution in [0.3, 0.4) is 0 Å². The number of esters is 1. The lowest BCUT2D eigenvalue weighted by molar-refractivity contribution is 0.0594. The van der Waals surface area contributed by atoms with Crippen molar-refractivity contribution in [1.82, 2.24) is 10.3 Å². The highest BCUT2D eigenvalue weighted by Crippen LogP contribution is 2.20. The average Bonchev–Trinajstić information content (AvgIpc) is 2.62. The Kier molecular flexibility index (Phi) is 4.89. The number of H-pyrrole nitrogens is 1. The summed E-state index contributed by atoms with van der Waals surface area (Å²) in [6, 6.07) is -0.0720. The number of nitrogens with one attached hydrogen (secondary N) is 2. The van der Waals surface area contributed by atoms with E-state index in [1.165, 1.54) is 7.11 Å². The van der Waals surface area contributed by atoms with Gasteiger partial charge in [0.15, 0.2) is 5.78 Å². The van der Waals surface area contributed by atoms with Crippen LogP contribution >= 0.6 is 0 Å². The fourth-order valence-electron chi connectivity index (χ4n) is 2.22. The number of hydrogen-bond donors (Lipinski definition) is 2. The summed E-state index contributed by atoms with van der Waals surface area (Å²) in [5.74, 6) is -0.473. The van der Waals surface area contributed by atoms with E-state index in [4.69, 9.17) is 4.74 Å².